The number of halogens is 2. The van der Waals surface area contributed by atoms with Gasteiger partial charge in [-0.1, -0.05) is 36.5 Å². The van der Waals surface area contributed by atoms with E-state index in [4.69, 9.17) is 23.2 Å². The number of carbonyl (C=O) groups excluding carboxylic acids is 1. The van der Waals surface area contributed by atoms with Gasteiger partial charge in [-0.15, -0.1) is 0 Å². The van der Waals surface area contributed by atoms with Crippen LogP contribution in [0.15, 0.2) is 18.2 Å². The number of hydrogen-bond donors (Lipinski definition) is 1. The highest BCUT2D eigenvalue weighted by molar-refractivity contribution is 6.36. The SMILES string of the molecule is CCCCN(C)C(=O)CNc1ccc(Cl)cc1Cl. The van der Waals surface area contributed by atoms with Crippen molar-refractivity contribution in [2.45, 2.75) is 19.8 Å². The second kappa shape index (κ2) is 7.49. The van der Waals surface area contributed by atoms with Gasteiger partial charge in [-0.3, -0.25) is 4.79 Å². The molecule has 0 fully saturated rings. The quantitative estimate of drug-likeness (QED) is 0.866. The molecule has 0 aliphatic rings. The molecule has 5 heteroatoms. The summed E-state index contributed by atoms with van der Waals surface area (Å²) < 4.78 is 0. The molecule has 18 heavy (non-hydrogen) atoms. The predicted octanol–water partition coefficient (Wildman–Crippen LogP) is 3.66. The lowest BCUT2D eigenvalue weighted by Crippen LogP contribution is -2.32. The van der Waals surface area contributed by atoms with E-state index in [1.807, 2.05) is 7.05 Å². The van der Waals surface area contributed by atoms with Gasteiger partial charge in [0.15, 0.2) is 0 Å². The van der Waals surface area contributed by atoms with Crippen molar-refractivity contribution >= 4 is 34.8 Å². The molecule has 1 aromatic carbocycles. The van der Waals surface area contributed by atoms with E-state index in [0.29, 0.717) is 10.0 Å². The lowest BCUT2D eigenvalue weighted by Gasteiger charge is -2.17. The van der Waals surface area contributed by atoms with Gasteiger partial charge < -0.3 is 10.2 Å². The third kappa shape index (κ3) is 4.75. The summed E-state index contributed by atoms with van der Waals surface area (Å²) in [5.41, 5.74) is 0.721. The second-order valence-electron chi connectivity index (χ2n) is 4.15. The average molecular weight is 289 g/mol. The molecule has 0 atom stereocenters. The van der Waals surface area contributed by atoms with Gasteiger partial charge in [0.1, 0.15) is 0 Å². The Morgan fingerprint density at radius 1 is 1.39 bits per heavy atom. The van der Waals surface area contributed by atoms with Crippen molar-refractivity contribution in [2.24, 2.45) is 0 Å². The van der Waals surface area contributed by atoms with Gasteiger partial charge in [0.2, 0.25) is 5.91 Å². The minimum Gasteiger partial charge on any atom is -0.375 e. The molecule has 0 aromatic heterocycles. The number of unbranched alkanes of at least 4 members (excludes halogenated alkanes) is 1. The molecule has 1 N–H and O–H groups in total. The summed E-state index contributed by atoms with van der Waals surface area (Å²) in [5, 5.41) is 4.12. The first-order valence-corrected chi connectivity index (χ1v) is 6.73. The molecule has 1 amide bonds. The highest BCUT2D eigenvalue weighted by Crippen LogP contribution is 2.25. The Labute approximate surface area is 118 Å². The number of hydrogen-bond acceptors (Lipinski definition) is 2. The van der Waals surface area contributed by atoms with Crippen LogP contribution >= 0.6 is 23.2 Å². The Balaban J connectivity index is 2.47. The minimum absolute atomic E-state index is 0.0504. The van der Waals surface area contributed by atoms with Crippen molar-refractivity contribution in [3.05, 3.63) is 28.2 Å². The summed E-state index contributed by atoms with van der Waals surface area (Å²) in [4.78, 5) is 13.5. The van der Waals surface area contributed by atoms with Gasteiger partial charge >= 0.3 is 0 Å². The van der Waals surface area contributed by atoms with Crippen LogP contribution < -0.4 is 5.32 Å². The van der Waals surface area contributed by atoms with E-state index in [9.17, 15) is 4.79 Å². The normalized spacial score (nSPS) is 10.2. The Kier molecular flexibility index (Phi) is 6.30. The monoisotopic (exact) mass is 288 g/mol. The zero-order valence-electron chi connectivity index (χ0n) is 10.7. The van der Waals surface area contributed by atoms with Crippen LogP contribution in [0.25, 0.3) is 0 Å². The number of nitrogens with one attached hydrogen (secondary N) is 1. The van der Waals surface area contributed by atoms with E-state index in [1.54, 1.807) is 23.1 Å². The number of likely N-dealkylation sites (N-methyl/N-ethyl adjacent to an activating group) is 1. The van der Waals surface area contributed by atoms with E-state index < -0.39 is 0 Å². The van der Waals surface area contributed by atoms with E-state index in [2.05, 4.69) is 12.2 Å². The maximum Gasteiger partial charge on any atom is 0.241 e. The van der Waals surface area contributed by atoms with Gasteiger partial charge in [-0.25, -0.2) is 0 Å². The van der Waals surface area contributed by atoms with E-state index in [1.165, 1.54) is 0 Å². The van der Waals surface area contributed by atoms with Crippen molar-refractivity contribution in [1.82, 2.24) is 4.90 Å². The first kappa shape index (κ1) is 15.1. The molecule has 3 nitrogen and oxygen atoms in total. The Bertz CT molecular complexity index is 410. The Hall–Kier alpha value is -0.930. The fraction of sp³-hybridized carbons (Fsp3) is 0.462. The fourth-order valence-electron chi connectivity index (χ4n) is 1.46. The summed E-state index contributed by atoms with van der Waals surface area (Å²) in [7, 11) is 1.81. The highest BCUT2D eigenvalue weighted by atomic mass is 35.5. The van der Waals surface area contributed by atoms with Crippen molar-refractivity contribution < 1.29 is 4.79 Å². The number of nitrogens with zero attached hydrogens (tertiary/aromatic N) is 1. The molecule has 0 saturated carbocycles. The van der Waals surface area contributed by atoms with E-state index in [0.717, 1.165) is 25.1 Å². The van der Waals surface area contributed by atoms with Crippen LogP contribution in [0.5, 0.6) is 0 Å². The molecule has 0 aliphatic heterocycles. The summed E-state index contributed by atoms with van der Waals surface area (Å²) in [5.74, 6) is 0.0504. The lowest BCUT2D eigenvalue weighted by atomic mass is 10.3. The van der Waals surface area contributed by atoms with Crippen LogP contribution in [-0.2, 0) is 4.79 Å². The van der Waals surface area contributed by atoms with E-state index >= 15 is 0 Å². The Morgan fingerprint density at radius 2 is 2.11 bits per heavy atom. The lowest BCUT2D eigenvalue weighted by molar-refractivity contribution is -0.128. The third-order valence-electron chi connectivity index (χ3n) is 2.63. The van der Waals surface area contributed by atoms with Crippen molar-refractivity contribution in [1.29, 1.82) is 0 Å². The standard InChI is InChI=1S/C13H18Cl2N2O/c1-3-4-7-17(2)13(18)9-16-12-6-5-10(14)8-11(12)15/h5-6,8,16H,3-4,7,9H2,1-2H3. The molecule has 0 radical (unpaired) electrons. The van der Waals surface area contributed by atoms with Gasteiger partial charge in [0, 0.05) is 18.6 Å². The second-order valence-corrected chi connectivity index (χ2v) is 4.99. The molecule has 0 aliphatic carbocycles. The maximum absolute atomic E-state index is 11.8. The molecule has 0 bridgehead atoms. The van der Waals surface area contributed by atoms with Crippen molar-refractivity contribution in [3.8, 4) is 0 Å². The molecule has 0 spiro atoms. The van der Waals surface area contributed by atoms with Crippen LogP contribution in [-0.4, -0.2) is 30.9 Å². The highest BCUT2D eigenvalue weighted by Gasteiger charge is 2.08. The molecular formula is C13H18Cl2N2O. The van der Waals surface area contributed by atoms with Gasteiger partial charge in [-0.05, 0) is 24.6 Å². The molecule has 1 aromatic rings. The molecule has 0 unspecified atom stereocenters. The largest absolute Gasteiger partial charge is 0.375 e. The van der Waals surface area contributed by atoms with Gasteiger partial charge in [0.05, 0.1) is 17.3 Å². The van der Waals surface area contributed by atoms with Crippen molar-refractivity contribution in [3.63, 3.8) is 0 Å². The molecule has 1 rings (SSSR count). The molecule has 0 heterocycles. The topological polar surface area (TPSA) is 32.3 Å². The number of carbonyl (C=O) groups is 1. The number of amides is 1. The Morgan fingerprint density at radius 3 is 2.72 bits per heavy atom. The van der Waals surface area contributed by atoms with E-state index in [-0.39, 0.29) is 12.5 Å². The van der Waals surface area contributed by atoms with Crippen LogP contribution in [0.4, 0.5) is 5.69 Å². The number of benzene rings is 1. The fourth-order valence-corrected chi connectivity index (χ4v) is 1.93. The van der Waals surface area contributed by atoms with Crippen LogP contribution in [0.3, 0.4) is 0 Å². The summed E-state index contributed by atoms with van der Waals surface area (Å²) >= 11 is 11.8. The molecule has 0 saturated heterocycles. The minimum atomic E-state index is 0.0504. The van der Waals surface area contributed by atoms with Gasteiger partial charge in [0.25, 0.3) is 0 Å². The maximum atomic E-state index is 11.8. The van der Waals surface area contributed by atoms with Crippen LogP contribution in [0.1, 0.15) is 19.8 Å². The summed E-state index contributed by atoms with van der Waals surface area (Å²) in [6, 6.07) is 5.15. The number of rotatable bonds is 6. The van der Waals surface area contributed by atoms with Crippen molar-refractivity contribution in [2.75, 3.05) is 25.5 Å². The van der Waals surface area contributed by atoms with Crippen LogP contribution in [0.2, 0.25) is 10.0 Å². The third-order valence-corrected chi connectivity index (χ3v) is 3.18. The van der Waals surface area contributed by atoms with Gasteiger partial charge in [-0.2, -0.15) is 0 Å². The van der Waals surface area contributed by atoms with Crippen LogP contribution in [0, 0.1) is 0 Å². The summed E-state index contributed by atoms with van der Waals surface area (Å²) in [6.45, 7) is 3.12. The predicted molar refractivity (Wildman–Crippen MR) is 77.5 cm³/mol. The average Bonchev–Trinajstić information content (AvgIpc) is 2.34. The zero-order chi connectivity index (χ0) is 13.5. The molecular weight excluding hydrogens is 271 g/mol. The molecule has 100 valence electrons. The number of anilines is 1. The first-order chi connectivity index (χ1) is 8.54. The zero-order valence-corrected chi connectivity index (χ0v) is 12.2. The first-order valence-electron chi connectivity index (χ1n) is 5.97. The smallest absolute Gasteiger partial charge is 0.241 e. The summed E-state index contributed by atoms with van der Waals surface area (Å²) in [6.07, 6.45) is 2.10.